The predicted octanol–water partition coefficient (Wildman–Crippen LogP) is 3.94. The first-order valence-corrected chi connectivity index (χ1v) is 15.9. The molecule has 37 heavy (non-hydrogen) atoms. The van der Waals surface area contributed by atoms with Crippen LogP contribution in [0.15, 0.2) is 0 Å². The number of carbonyl (C=O) groups is 1. The van der Waals surface area contributed by atoms with Crippen LogP contribution >= 0.6 is 0 Å². The lowest BCUT2D eigenvalue weighted by Crippen LogP contribution is -2.78. The monoisotopic (exact) mass is 541 g/mol. The number of aliphatic hydroxyl groups excluding tert-OH is 1. The van der Waals surface area contributed by atoms with Gasteiger partial charge < -0.3 is 38.5 Å². The molecule has 6 atom stereocenters. The molecule has 2 heterocycles. The average Bonchev–Trinajstić information content (AvgIpc) is 3.20. The van der Waals surface area contributed by atoms with Crippen molar-refractivity contribution >= 4 is 14.4 Å². The first-order valence-electron chi connectivity index (χ1n) is 13.0. The van der Waals surface area contributed by atoms with Crippen LogP contribution in [0.3, 0.4) is 0 Å². The van der Waals surface area contributed by atoms with Gasteiger partial charge in [0.25, 0.3) is 0 Å². The second-order valence-corrected chi connectivity index (χ2v) is 18.8. The van der Waals surface area contributed by atoms with E-state index in [0.29, 0.717) is 0 Å². The molecule has 9 nitrogen and oxygen atoms in total. The maximum Gasteiger partial charge on any atom is 0.408 e. The largest absolute Gasteiger partial charge is 0.444 e. The van der Waals surface area contributed by atoms with Gasteiger partial charge in [0.15, 0.2) is 19.9 Å². The second-order valence-electron chi connectivity index (χ2n) is 14.0. The standard InChI is InChI=1S/C27H47NO8Si/c1-14-26(28-21(30)35-22(2,3)4)17(15-32-37(12,13)23(5,6)7)18(29)27(16-31-24(8,9)36-27)20-19(26)33-25(10,11)34-20/h1,17-20,29H,15-16H2,2-13H3,(H,28,30)/t17-,18?,19?,20?,26?,27?/m1/s1. The van der Waals surface area contributed by atoms with Crippen LogP contribution in [-0.2, 0) is 28.1 Å². The van der Waals surface area contributed by atoms with Crippen LogP contribution in [0.1, 0.15) is 69.2 Å². The average molecular weight is 542 g/mol. The minimum absolute atomic E-state index is 0.0610. The second kappa shape index (κ2) is 9.19. The van der Waals surface area contributed by atoms with E-state index in [9.17, 15) is 9.90 Å². The van der Waals surface area contributed by atoms with Crippen LogP contribution in [0.25, 0.3) is 0 Å². The van der Waals surface area contributed by atoms with E-state index < -0.39 is 67.0 Å². The van der Waals surface area contributed by atoms with Gasteiger partial charge in [-0.25, -0.2) is 4.79 Å². The molecular weight excluding hydrogens is 494 g/mol. The number of fused-ring (bicyclic) bond motifs is 2. The van der Waals surface area contributed by atoms with E-state index in [1.165, 1.54) is 0 Å². The number of alkyl carbamates (subject to hydrolysis) is 1. The lowest BCUT2D eigenvalue weighted by molar-refractivity contribution is -0.254. The minimum Gasteiger partial charge on any atom is -0.444 e. The van der Waals surface area contributed by atoms with E-state index in [2.05, 4.69) is 45.1 Å². The molecule has 3 fully saturated rings. The zero-order valence-electron chi connectivity index (χ0n) is 24.6. The first kappa shape index (κ1) is 30.3. The third-order valence-electron chi connectivity index (χ3n) is 7.95. The zero-order chi connectivity index (χ0) is 28.5. The normalized spacial score (nSPS) is 37.2. The Hall–Kier alpha value is -1.19. The lowest BCUT2D eigenvalue weighted by Gasteiger charge is -2.55. The number of amides is 1. The highest BCUT2D eigenvalue weighted by atomic mass is 28.4. The van der Waals surface area contributed by atoms with Gasteiger partial charge in [-0.05, 0) is 66.6 Å². The summed E-state index contributed by atoms with van der Waals surface area (Å²) in [5, 5.41) is 14.9. The van der Waals surface area contributed by atoms with E-state index >= 15 is 0 Å². The molecule has 1 spiro atoms. The van der Waals surface area contributed by atoms with E-state index in [4.69, 9.17) is 34.5 Å². The van der Waals surface area contributed by atoms with Crippen molar-refractivity contribution in [2.24, 2.45) is 5.92 Å². The van der Waals surface area contributed by atoms with Crippen molar-refractivity contribution in [3.63, 3.8) is 0 Å². The summed E-state index contributed by atoms with van der Waals surface area (Å²) in [5.74, 6) is -0.0712. The predicted molar refractivity (Wildman–Crippen MR) is 141 cm³/mol. The van der Waals surface area contributed by atoms with Crippen LogP contribution in [0.2, 0.25) is 18.1 Å². The lowest BCUT2D eigenvalue weighted by atomic mass is 9.62. The fourth-order valence-electron chi connectivity index (χ4n) is 5.11. The maximum atomic E-state index is 13.2. The number of carbonyl (C=O) groups excluding carboxylic acids is 1. The van der Waals surface area contributed by atoms with Gasteiger partial charge in [-0.15, -0.1) is 6.42 Å². The summed E-state index contributed by atoms with van der Waals surface area (Å²) < 4.78 is 37.3. The number of terminal acetylenes is 1. The van der Waals surface area contributed by atoms with Crippen molar-refractivity contribution in [3.8, 4) is 12.3 Å². The SMILES string of the molecule is C#CC1(NC(=O)OC(C)(C)C)C2OC(C)(C)OC2C2(COC(C)(C)O2)C(O)[C@H]1CO[Si](C)(C)C(C)(C)C. The van der Waals surface area contributed by atoms with Crippen molar-refractivity contribution < 1.29 is 38.0 Å². The van der Waals surface area contributed by atoms with Crippen LogP contribution < -0.4 is 5.32 Å². The summed E-state index contributed by atoms with van der Waals surface area (Å²) in [4.78, 5) is 13.2. The number of ether oxygens (including phenoxy) is 5. The molecule has 2 N–H and O–H groups in total. The van der Waals surface area contributed by atoms with Crippen molar-refractivity contribution in [3.05, 3.63) is 0 Å². The number of rotatable bonds is 4. The molecule has 1 saturated carbocycles. The van der Waals surface area contributed by atoms with Gasteiger partial charge in [-0.2, -0.15) is 0 Å². The van der Waals surface area contributed by atoms with Crippen LogP contribution in [-0.4, -0.2) is 79.4 Å². The first-order chi connectivity index (χ1) is 16.5. The van der Waals surface area contributed by atoms with Crippen molar-refractivity contribution in [1.29, 1.82) is 0 Å². The van der Waals surface area contributed by atoms with Crippen molar-refractivity contribution in [2.75, 3.05) is 13.2 Å². The number of aliphatic hydroxyl groups is 1. The molecule has 0 aromatic rings. The van der Waals surface area contributed by atoms with Gasteiger partial charge in [0.2, 0.25) is 0 Å². The molecule has 0 aromatic heterocycles. The fraction of sp³-hybridized carbons (Fsp3) is 0.889. The molecule has 0 aromatic carbocycles. The van der Waals surface area contributed by atoms with Crippen LogP contribution in [0.5, 0.6) is 0 Å². The number of hydrogen-bond donors (Lipinski definition) is 2. The highest BCUT2D eigenvalue weighted by Gasteiger charge is 2.74. The molecule has 3 aliphatic rings. The van der Waals surface area contributed by atoms with Gasteiger partial charge in [-0.1, -0.05) is 26.7 Å². The smallest absolute Gasteiger partial charge is 0.408 e. The summed E-state index contributed by atoms with van der Waals surface area (Å²) >= 11 is 0. The Morgan fingerprint density at radius 3 is 2.11 bits per heavy atom. The Kier molecular flexibility index (Phi) is 7.54. The molecule has 1 amide bonds. The molecule has 10 heteroatoms. The zero-order valence-corrected chi connectivity index (χ0v) is 25.6. The molecule has 2 saturated heterocycles. The summed E-state index contributed by atoms with van der Waals surface area (Å²) in [6.07, 6.45) is 2.57. The molecule has 2 aliphatic heterocycles. The van der Waals surface area contributed by atoms with Gasteiger partial charge in [-0.3, -0.25) is 0 Å². The highest BCUT2D eigenvalue weighted by Crippen LogP contribution is 2.54. The van der Waals surface area contributed by atoms with E-state index in [-0.39, 0.29) is 18.3 Å². The highest BCUT2D eigenvalue weighted by molar-refractivity contribution is 6.74. The molecule has 0 radical (unpaired) electrons. The van der Waals surface area contributed by atoms with Gasteiger partial charge in [0.05, 0.1) is 12.7 Å². The van der Waals surface area contributed by atoms with Gasteiger partial charge >= 0.3 is 6.09 Å². The summed E-state index contributed by atoms with van der Waals surface area (Å²) in [7, 11) is -2.28. The molecular formula is C27H47NO8Si. The number of nitrogens with one attached hydrogen (secondary N) is 1. The molecule has 212 valence electrons. The molecule has 1 aliphatic carbocycles. The summed E-state index contributed by atoms with van der Waals surface area (Å²) in [6.45, 7) is 23.2. The molecule has 0 bridgehead atoms. The quantitative estimate of drug-likeness (QED) is 0.407. The topological polar surface area (TPSA) is 105 Å². The maximum absolute atomic E-state index is 13.2. The van der Waals surface area contributed by atoms with Crippen LogP contribution in [0, 0.1) is 18.3 Å². The van der Waals surface area contributed by atoms with E-state index in [1.54, 1.807) is 48.5 Å². The third-order valence-corrected chi connectivity index (χ3v) is 12.5. The fourth-order valence-corrected chi connectivity index (χ4v) is 6.14. The van der Waals surface area contributed by atoms with Crippen LogP contribution in [0.4, 0.5) is 4.79 Å². The summed E-state index contributed by atoms with van der Waals surface area (Å²) in [5.41, 5.74) is -3.58. The van der Waals surface area contributed by atoms with Gasteiger partial charge in [0, 0.05) is 12.5 Å². The Bertz CT molecular complexity index is 930. The Balaban J connectivity index is 2.14. The van der Waals surface area contributed by atoms with Crippen molar-refractivity contribution in [2.45, 2.75) is 134 Å². The summed E-state index contributed by atoms with van der Waals surface area (Å²) in [6, 6.07) is 0. The van der Waals surface area contributed by atoms with Crippen molar-refractivity contribution in [1.82, 2.24) is 5.32 Å². The molecule has 3 rings (SSSR count). The Labute approximate surface area is 223 Å². The Morgan fingerprint density at radius 2 is 1.65 bits per heavy atom. The minimum atomic E-state index is -2.28. The third kappa shape index (κ3) is 5.60. The molecule has 5 unspecified atom stereocenters. The van der Waals surface area contributed by atoms with Gasteiger partial charge in [0.1, 0.15) is 28.9 Å². The Morgan fingerprint density at radius 1 is 1.08 bits per heavy atom. The number of hydrogen-bond acceptors (Lipinski definition) is 8. The van der Waals surface area contributed by atoms with E-state index in [0.717, 1.165) is 0 Å². The van der Waals surface area contributed by atoms with E-state index in [1.807, 2.05) is 0 Å².